The predicted octanol–water partition coefficient (Wildman–Crippen LogP) is 3.00. The summed E-state index contributed by atoms with van der Waals surface area (Å²) in [7, 11) is 3.14. The Morgan fingerprint density at radius 1 is 1.10 bits per heavy atom. The third-order valence-electron chi connectivity index (χ3n) is 7.48. The van der Waals surface area contributed by atoms with Gasteiger partial charge in [-0.3, -0.25) is 4.79 Å². The molecule has 2 saturated heterocycles. The van der Waals surface area contributed by atoms with Gasteiger partial charge in [0.1, 0.15) is 23.6 Å². The molecule has 3 atom stereocenters. The van der Waals surface area contributed by atoms with Gasteiger partial charge in [-0.05, 0) is 52.4 Å². The van der Waals surface area contributed by atoms with Crippen molar-refractivity contribution in [2.75, 3.05) is 45.3 Å². The normalized spacial score (nSPS) is 22.2. The monoisotopic (exact) mass is 565 g/mol. The van der Waals surface area contributed by atoms with E-state index in [9.17, 15) is 18.0 Å². The second kappa shape index (κ2) is 10.8. The average molecular weight is 566 g/mol. The predicted molar refractivity (Wildman–Crippen MR) is 140 cm³/mol. The largest absolute Gasteiger partial charge is 0.494 e. The number of alkyl halides is 3. The molecule has 10 nitrogen and oxygen atoms in total. The molecule has 3 aromatic rings. The lowest BCUT2D eigenvalue weighted by molar-refractivity contribution is -0.146. The Kier molecular flexibility index (Phi) is 7.57. The molecule has 1 aromatic carbocycles. The van der Waals surface area contributed by atoms with E-state index in [0.29, 0.717) is 13.1 Å². The van der Waals surface area contributed by atoms with Crippen LogP contribution in [0.1, 0.15) is 32.5 Å². The molecule has 0 amide bonds. The number of fused-ring (bicyclic) bond motifs is 1. The van der Waals surface area contributed by atoms with Crippen molar-refractivity contribution in [1.82, 2.24) is 29.7 Å². The second-order valence-electron chi connectivity index (χ2n) is 10.2. The Morgan fingerprint density at radius 2 is 1.82 bits per heavy atom. The lowest BCUT2D eigenvalue weighted by Crippen LogP contribution is -2.55. The number of nitrogens with one attached hydrogen (secondary N) is 1. The van der Waals surface area contributed by atoms with E-state index < -0.39 is 34.6 Å². The van der Waals surface area contributed by atoms with Crippen LogP contribution in [-0.2, 0) is 6.18 Å². The molecule has 40 heavy (non-hydrogen) atoms. The van der Waals surface area contributed by atoms with Crippen molar-refractivity contribution in [1.29, 1.82) is 0 Å². The topological polar surface area (TPSA) is 97.6 Å². The van der Waals surface area contributed by atoms with Crippen LogP contribution in [0.3, 0.4) is 0 Å². The van der Waals surface area contributed by atoms with E-state index in [1.54, 1.807) is 0 Å². The zero-order valence-electron chi connectivity index (χ0n) is 22.6. The average Bonchev–Trinajstić information content (AvgIpc) is 3.31. The SMILES string of the molecule is COc1cccc(F)c1-n1c(C(F)(F)F)nc2c(N3[C@@H](C)CNC[C@@H]3C)nc(OC[C@@H]3CCCN3C)nc2c1=O. The van der Waals surface area contributed by atoms with Gasteiger partial charge in [0.15, 0.2) is 17.2 Å². The minimum Gasteiger partial charge on any atom is -0.494 e. The van der Waals surface area contributed by atoms with Crippen LogP contribution in [0.4, 0.5) is 23.4 Å². The van der Waals surface area contributed by atoms with E-state index >= 15 is 4.39 Å². The fourth-order valence-electron chi connectivity index (χ4n) is 5.46. The van der Waals surface area contributed by atoms with Crippen LogP contribution >= 0.6 is 0 Å². The summed E-state index contributed by atoms with van der Waals surface area (Å²) in [6.45, 7) is 6.00. The molecule has 2 aliphatic rings. The van der Waals surface area contributed by atoms with Crippen LogP contribution in [0, 0.1) is 5.82 Å². The van der Waals surface area contributed by atoms with Gasteiger partial charge in [0, 0.05) is 31.2 Å². The molecule has 0 saturated carbocycles. The van der Waals surface area contributed by atoms with Crippen LogP contribution in [0.15, 0.2) is 23.0 Å². The van der Waals surface area contributed by atoms with Crippen molar-refractivity contribution in [2.45, 2.75) is 51.0 Å². The maximum absolute atomic E-state index is 15.0. The van der Waals surface area contributed by atoms with E-state index in [0.717, 1.165) is 25.5 Å². The van der Waals surface area contributed by atoms with Gasteiger partial charge in [-0.25, -0.2) is 13.9 Å². The van der Waals surface area contributed by atoms with Crippen molar-refractivity contribution >= 4 is 16.9 Å². The highest BCUT2D eigenvalue weighted by molar-refractivity contribution is 5.86. The van der Waals surface area contributed by atoms with Gasteiger partial charge in [-0.2, -0.15) is 23.1 Å². The molecule has 2 fully saturated rings. The fraction of sp³-hybridized carbons (Fsp3) is 0.538. The number of methoxy groups -OCH3 is 1. The maximum Gasteiger partial charge on any atom is 0.450 e. The molecule has 5 rings (SSSR count). The quantitative estimate of drug-likeness (QED) is 0.453. The summed E-state index contributed by atoms with van der Waals surface area (Å²) in [5.74, 6) is -2.92. The first-order valence-electron chi connectivity index (χ1n) is 13.1. The minimum absolute atomic E-state index is 0.0523. The molecule has 0 radical (unpaired) electrons. The number of likely N-dealkylation sites (tertiary alicyclic amines) is 1. The highest BCUT2D eigenvalue weighted by Gasteiger charge is 2.41. The molecule has 0 aliphatic carbocycles. The van der Waals surface area contributed by atoms with Crippen molar-refractivity contribution in [3.05, 3.63) is 40.2 Å². The van der Waals surface area contributed by atoms with Gasteiger partial charge in [0.05, 0.1) is 7.11 Å². The number of para-hydroxylation sites is 1. The molecule has 4 heterocycles. The number of rotatable bonds is 6. The number of ether oxygens (including phenoxy) is 2. The number of piperazine rings is 1. The van der Waals surface area contributed by atoms with Crippen molar-refractivity contribution < 1.29 is 27.0 Å². The minimum atomic E-state index is -5.12. The highest BCUT2D eigenvalue weighted by Crippen LogP contribution is 2.36. The number of likely N-dealkylation sites (N-methyl/N-ethyl adjacent to an activating group) is 1. The Labute approximate surface area is 227 Å². The van der Waals surface area contributed by atoms with Gasteiger partial charge < -0.3 is 24.6 Å². The molecular weight excluding hydrogens is 534 g/mol. The zero-order valence-corrected chi connectivity index (χ0v) is 22.6. The molecule has 0 bridgehead atoms. The third kappa shape index (κ3) is 5.05. The standard InChI is InChI=1S/C26H31F4N7O3/c1-14-11-31-12-15(2)36(14)22-19-20(33-25(34-22)40-13-16-7-6-10-35(16)3)23(38)37(24(32-19)26(28,29)30)21-17(27)8-5-9-18(21)39-4/h5,8-9,14-16,31H,6-7,10-13H2,1-4H3/t14-,15-,16-/m0/s1. The van der Waals surface area contributed by atoms with E-state index in [-0.39, 0.29) is 52.4 Å². The van der Waals surface area contributed by atoms with Crippen molar-refractivity contribution in [3.63, 3.8) is 0 Å². The summed E-state index contributed by atoms with van der Waals surface area (Å²) in [5, 5.41) is 3.27. The molecule has 216 valence electrons. The van der Waals surface area contributed by atoms with E-state index in [1.807, 2.05) is 25.8 Å². The molecule has 2 aliphatic heterocycles. The number of aromatic nitrogens is 4. The summed E-state index contributed by atoms with van der Waals surface area (Å²) in [5.41, 5.74) is -2.69. The molecule has 2 aromatic heterocycles. The number of hydrogen-bond acceptors (Lipinski definition) is 9. The molecule has 0 unspecified atom stereocenters. The van der Waals surface area contributed by atoms with E-state index in [2.05, 4.69) is 25.2 Å². The highest BCUT2D eigenvalue weighted by atomic mass is 19.4. The Morgan fingerprint density at radius 3 is 2.45 bits per heavy atom. The van der Waals surface area contributed by atoms with Gasteiger partial charge in [-0.15, -0.1) is 0 Å². The van der Waals surface area contributed by atoms with Crippen LogP contribution in [0.5, 0.6) is 11.8 Å². The Hall–Kier alpha value is -3.52. The van der Waals surface area contributed by atoms with Crippen molar-refractivity contribution in [2.24, 2.45) is 0 Å². The number of hydrogen-bond donors (Lipinski definition) is 1. The number of anilines is 1. The van der Waals surface area contributed by atoms with Gasteiger partial charge in [0.2, 0.25) is 5.82 Å². The lowest BCUT2D eigenvalue weighted by Gasteiger charge is -2.40. The van der Waals surface area contributed by atoms with E-state index in [1.165, 1.54) is 19.2 Å². The Balaban J connectivity index is 1.79. The zero-order chi connectivity index (χ0) is 28.8. The molecular formula is C26H31F4N7O3. The third-order valence-corrected chi connectivity index (χ3v) is 7.48. The van der Waals surface area contributed by atoms with Gasteiger partial charge in [-0.1, -0.05) is 6.07 Å². The summed E-state index contributed by atoms with van der Waals surface area (Å²) >= 11 is 0. The summed E-state index contributed by atoms with van der Waals surface area (Å²) in [4.78, 5) is 30.5. The van der Waals surface area contributed by atoms with Crippen molar-refractivity contribution in [3.8, 4) is 17.4 Å². The first kappa shape index (κ1) is 28.0. The van der Waals surface area contributed by atoms with Crippen LogP contribution in [-0.4, -0.2) is 82.9 Å². The van der Waals surface area contributed by atoms with Crippen LogP contribution in [0.2, 0.25) is 0 Å². The molecule has 0 spiro atoms. The molecule has 1 N–H and O–H groups in total. The maximum atomic E-state index is 15.0. The fourth-order valence-corrected chi connectivity index (χ4v) is 5.46. The first-order chi connectivity index (χ1) is 19.0. The first-order valence-corrected chi connectivity index (χ1v) is 13.1. The lowest BCUT2D eigenvalue weighted by atomic mass is 10.1. The van der Waals surface area contributed by atoms with E-state index in [4.69, 9.17) is 9.47 Å². The second-order valence-corrected chi connectivity index (χ2v) is 10.2. The summed E-state index contributed by atoms with van der Waals surface area (Å²) in [6, 6.07) is 3.02. The van der Waals surface area contributed by atoms with Crippen LogP contribution in [0.25, 0.3) is 16.7 Å². The number of halogens is 4. The smallest absolute Gasteiger partial charge is 0.450 e. The van der Waals surface area contributed by atoms with Gasteiger partial charge >= 0.3 is 12.2 Å². The number of benzene rings is 1. The Bertz CT molecular complexity index is 1450. The summed E-state index contributed by atoms with van der Waals surface area (Å²) < 4.78 is 69.7. The molecule has 14 heteroatoms. The van der Waals surface area contributed by atoms with Crippen LogP contribution < -0.4 is 25.2 Å². The number of nitrogens with zero attached hydrogens (tertiary/aromatic N) is 6. The summed E-state index contributed by atoms with van der Waals surface area (Å²) in [6.07, 6.45) is -3.22. The van der Waals surface area contributed by atoms with Gasteiger partial charge in [0.25, 0.3) is 5.56 Å².